The number of hydrogen-bond acceptors (Lipinski definition) is 2. The second-order valence-electron chi connectivity index (χ2n) is 4.08. The highest BCUT2D eigenvalue weighted by Crippen LogP contribution is 2.16. The molecule has 1 N–H and O–H groups in total. The highest BCUT2D eigenvalue weighted by Gasteiger charge is 2.01. The van der Waals surface area contributed by atoms with Crippen LogP contribution in [0.1, 0.15) is 37.6 Å². The molecule has 0 spiro atoms. The molecule has 0 amide bonds. The number of thiophene rings is 1. The molecule has 14 heavy (non-hydrogen) atoms. The van der Waals surface area contributed by atoms with Crippen molar-refractivity contribution >= 4 is 11.3 Å². The summed E-state index contributed by atoms with van der Waals surface area (Å²) in [5.74, 6) is 0.802. The Hall–Kier alpha value is -0.340. The average Bonchev–Trinajstić information content (AvgIpc) is 2.59. The van der Waals surface area contributed by atoms with Crippen LogP contribution in [0.5, 0.6) is 0 Å². The maximum Gasteiger partial charge on any atom is 0.0302 e. The SMILES string of the molecule is CCc1ccsc1CNCCC(C)C. The molecular weight excluding hydrogens is 190 g/mol. The van der Waals surface area contributed by atoms with Crippen LogP contribution in [0, 0.1) is 5.92 Å². The van der Waals surface area contributed by atoms with Crippen molar-refractivity contribution in [3.05, 3.63) is 21.9 Å². The van der Waals surface area contributed by atoms with E-state index in [0.29, 0.717) is 0 Å². The highest BCUT2D eigenvalue weighted by molar-refractivity contribution is 7.10. The predicted octanol–water partition coefficient (Wildman–Crippen LogP) is 3.45. The van der Waals surface area contributed by atoms with Gasteiger partial charge in [0.1, 0.15) is 0 Å². The van der Waals surface area contributed by atoms with Crippen molar-refractivity contribution in [3.63, 3.8) is 0 Å². The molecule has 1 aromatic rings. The van der Waals surface area contributed by atoms with Crippen LogP contribution in [0.4, 0.5) is 0 Å². The van der Waals surface area contributed by atoms with Crippen molar-refractivity contribution in [3.8, 4) is 0 Å². The van der Waals surface area contributed by atoms with Gasteiger partial charge in [-0.3, -0.25) is 0 Å². The first-order valence-corrected chi connectivity index (χ1v) is 6.38. The number of hydrogen-bond donors (Lipinski definition) is 1. The Morgan fingerprint density at radius 1 is 1.43 bits per heavy atom. The molecular formula is C12H21NS. The van der Waals surface area contributed by atoms with E-state index in [9.17, 15) is 0 Å². The van der Waals surface area contributed by atoms with Gasteiger partial charge in [0.2, 0.25) is 0 Å². The molecule has 0 aliphatic heterocycles. The van der Waals surface area contributed by atoms with Crippen LogP contribution >= 0.6 is 11.3 Å². The summed E-state index contributed by atoms with van der Waals surface area (Å²) < 4.78 is 0. The summed E-state index contributed by atoms with van der Waals surface area (Å²) in [6, 6.07) is 2.24. The van der Waals surface area contributed by atoms with E-state index in [1.54, 1.807) is 0 Å². The van der Waals surface area contributed by atoms with Crippen molar-refractivity contribution in [2.75, 3.05) is 6.54 Å². The summed E-state index contributed by atoms with van der Waals surface area (Å²) in [4.78, 5) is 1.51. The molecule has 0 saturated carbocycles. The average molecular weight is 211 g/mol. The maximum absolute atomic E-state index is 3.50. The van der Waals surface area contributed by atoms with E-state index in [1.165, 1.54) is 16.9 Å². The van der Waals surface area contributed by atoms with Gasteiger partial charge in [0.15, 0.2) is 0 Å². The lowest BCUT2D eigenvalue weighted by Gasteiger charge is -2.06. The second kappa shape index (κ2) is 6.20. The summed E-state index contributed by atoms with van der Waals surface area (Å²) in [5.41, 5.74) is 1.51. The zero-order valence-electron chi connectivity index (χ0n) is 9.47. The van der Waals surface area contributed by atoms with Gasteiger partial charge in [-0.15, -0.1) is 11.3 Å². The Morgan fingerprint density at radius 2 is 2.21 bits per heavy atom. The smallest absolute Gasteiger partial charge is 0.0302 e. The largest absolute Gasteiger partial charge is 0.312 e. The molecule has 1 heterocycles. The highest BCUT2D eigenvalue weighted by atomic mass is 32.1. The first kappa shape index (κ1) is 11.7. The third-order valence-electron chi connectivity index (χ3n) is 2.40. The quantitative estimate of drug-likeness (QED) is 0.711. The van der Waals surface area contributed by atoms with Crippen molar-refractivity contribution in [1.29, 1.82) is 0 Å². The van der Waals surface area contributed by atoms with Crippen LogP contribution in [-0.2, 0) is 13.0 Å². The molecule has 0 aliphatic carbocycles. The van der Waals surface area contributed by atoms with Gasteiger partial charge in [-0.05, 0) is 42.3 Å². The monoisotopic (exact) mass is 211 g/mol. The Morgan fingerprint density at radius 3 is 2.86 bits per heavy atom. The zero-order valence-corrected chi connectivity index (χ0v) is 10.3. The summed E-state index contributed by atoms with van der Waals surface area (Å²) in [6.45, 7) is 8.94. The number of nitrogens with one attached hydrogen (secondary N) is 1. The Bertz CT molecular complexity index is 253. The van der Waals surface area contributed by atoms with Gasteiger partial charge in [0.05, 0.1) is 0 Å². The van der Waals surface area contributed by atoms with Crippen LogP contribution in [0.25, 0.3) is 0 Å². The van der Waals surface area contributed by atoms with Crippen molar-refractivity contribution < 1.29 is 0 Å². The molecule has 1 aromatic heterocycles. The van der Waals surface area contributed by atoms with E-state index in [4.69, 9.17) is 0 Å². The molecule has 0 bridgehead atoms. The first-order chi connectivity index (χ1) is 6.74. The molecule has 2 heteroatoms. The van der Waals surface area contributed by atoms with E-state index in [1.807, 2.05) is 11.3 Å². The normalized spacial score (nSPS) is 11.1. The molecule has 80 valence electrons. The lowest BCUT2D eigenvalue weighted by molar-refractivity contribution is 0.538. The van der Waals surface area contributed by atoms with Gasteiger partial charge in [-0.1, -0.05) is 20.8 Å². The van der Waals surface area contributed by atoms with Crippen LogP contribution in [0.2, 0.25) is 0 Å². The fourth-order valence-electron chi connectivity index (χ4n) is 1.43. The van der Waals surface area contributed by atoms with Gasteiger partial charge in [0, 0.05) is 11.4 Å². The molecule has 0 atom stereocenters. The summed E-state index contributed by atoms with van der Waals surface area (Å²) >= 11 is 1.87. The fourth-order valence-corrected chi connectivity index (χ4v) is 2.38. The van der Waals surface area contributed by atoms with E-state index in [2.05, 4.69) is 37.5 Å². The Labute approximate surface area is 91.5 Å². The standard InChI is InChI=1S/C12H21NS/c1-4-11-6-8-14-12(11)9-13-7-5-10(2)3/h6,8,10,13H,4-5,7,9H2,1-3H3. The topological polar surface area (TPSA) is 12.0 Å². The lowest BCUT2D eigenvalue weighted by Crippen LogP contribution is -2.16. The lowest BCUT2D eigenvalue weighted by atomic mass is 10.1. The number of aryl methyl sites for hydroxylation is 1. The third-order valence-corrected chi connectivity index (χ3v) is 3.37. The molecule has 0 aliphatic rings. The molecule has 0 fully saturated rings. The van der Waals surface area contributed by atoms with Gasteiger partial charge in [-0.25, -0.2) is 0 Å². The minimum atomic E-state index is 0.802. The third kappa shape index (κ3) is 3.81. The van der Waals surface area contributed by atoms with Crippen molar-refractivity contribution in [2.24, 2.45) is 5.92 Å². The Kier molecular flexibility index (Phi) is 5.20. The van der Waals surface area contributed by atoms with Crippen LogP contribution in [0.3, 0.4) is 0 Å². The van der Waals surface area contributed by atoms with Crippen molar-refractivity contribution in [1.82, 2.24) is 5.32 Å². The van der Waals surface area contributed by atoms with E-state index >= 15 is 0 Å². The van der Waals surface area contributed by atoms with Crippen LogP contribution in [0.15, 0.2) is 11.4 Å². The van der Waals surface area contributed by atoms with Gasteiger partial charge in [-0.2, -0.15) is 0 Å². The molecule has 0 aromatic carbocycles. The van der Waals surface area contributed by atoms with Crippen LogP contribution in [-0.4, -0.2) is 6.54 Å². The van der Waals surface area contributed by atoms with E-state index < -0.39 is 0 Å². The molecule has 0 radical (unpaired) electrons. The Balaban J connectivity index is 2.24. The summed E-state index contributed by atoms with van der Waals surface area (Å²) in [7, 11) is 0. The molecule has 1 nitrogen and oxygen atoms in total. The second-order valence-corrected chi connectivity index (χ2v) is 5.08. The summed E-state index contributed by atoms with van der Waals surface area (Å²) in [5, 5.41) is 5.70. The van der Waals surface area contributed by atoms with Gasteiger partial charge in [0.25, 0.3) is 0 Å². The molecule has 1 rings (SSSR count). The minimum Gasteiger partial charge on any atom is -0.312 e. The van der Waals surface area contributed by atoms with Crippen molar-refractivity contribution in [2.45, 2.75) is 40.2 Å². The van der Waals surface area contributed by atoms with Gasteiger partial charge < -0.3 is 5.32 Å². The van der Waals surface area contributed by atoms with Crippen LogP contribution < -0.4 is 5.32 Å². The molecule has 0 unspecified atom stereocenters. The summed E-state index contributed by atoms with van der Waals surface area (Å²) in [6.07, 6.45) is 2.43. The van der Waals surface area contributed by atoms with Gasteiger partial charge >= 0.3 is 0 Å². The number of rotatable bonds is 6. The maximum atomic E-state index is 3.50. The zero-order chi connectivity index (χ0) is 10.4. The molecule has 0 saturated heterocycles. The minimum absolute atomic E-state index is 0.802. The fraction of sp³-hybridized carbons (Fsp3) is 0.667. The predicted molar refractivity (Wildman–Crippen MR) is 64.9 cm³/mol. The van der Waals surface area contributed by atoms with E-state index in [-0.39, 0.29) is 0 Å². The van der Waals surface area contributed by atoms with E-state index in [0.717, 1.165) is 25.4 Å². The first-order valence-electron chi connectivity index (χ1n) is 5.50.